The molecule has 2 aromatic rings. The van der Waals surface area contributed by atoms with Crippen LogP contribution in [0.15, 0.2) is 48.5 Å². The van der Waals surface area contributed by atoms with Crippen LogP contribution in [-0.2, 0) is 22.6 Å². The summed E-state index contributed by atoms with van der Waals surface area (Å²) in [5.41, 5.74) is 2.97. The van der Waals surface area contributed by atoms with Gasteiger partial charge in [-0.3, -0.25) is 9.59 Å². The molecule has 2 aromatic carbocycles. The van der Waals surface area contributed by atoms with E-state index in [1.54, 1.807) is 17.0 Å². The molecule has 0 aliphatic heterocycles. The van der Waals surface area contributed by atoms with Crippen LogP contribution >= 0.6 is 11.6 Å². The number of rotatable bonds is 8. The first-order valence-electron chi connectivity index (χ1n) is 9.70. The molecular formula is C23H29ClN2O2. The van der Waals surface area contributed by atoms with Gasteiger partial charge in [0.05, 0.1) is 6.42 Å². The highest BCUT2D eigenvalue weighted by molar-refractivity contribution is 6.30. The molecule has 2 rings (SSSR count). The van der Waals surface area contributed by atoms with Crippen molar-refractivity contribution in [2.75, 3.05) is 0 Å². The van der Waals surface area contributed by atoms with Crippen molar-refractivity contribution in [1.82, 2.24) is 10.2 Å². The highest BCUT2D eigenvalue weighted by Gasteiger charge is 2.29. The fraction of sp³-hybridized carbons (Fsp3) is 0.391. The quantitative estimate of drug-likeness (QED) is 0.708. The molecule has 0 spiro atoms. The first kappa shape index (κ1) is 22.0. The Morgan fingerprint density at radius 1 is 1.07 bits per heavy atom. The molecule has 2 amide bonds. The summed E-state index contributed by atoms with van der Waals surface area (Å²) in [6.45, 7) is 8.18. The smallest absolute Gasteiger partial charge is 0.243 e. The summed E-state index contributed by atoms with van der Waals surface area (Å²) >= 11 is 6.06. The van der Waals surface area contributed by atoms with Gasteiger partial charge < -0.3 is 10.2 Å². The Bertz CT molecular complexity index is 820. The van der Waals surface area contributed by atoms with Crippen LogP contribution in [-0.4, -0.2) is 28.8 Å². The van der Waals surface area contributed by atoms with E-state index in [2.05, 4.69) is 5.32 Å². The second-order valence-corrected chi connectivity index (χ2v) is 7.84. The number of nitrogens with one attached hydrogen (secondary N) is 1. The Morgan fingerprint density at radius 2 is 1.75 bits per heavy atom. The number of halogens is 1. The fourth-order valence-electron chi connectivity index (χ4n) is 3.23. The third kappa shape index (κ3) is 6.38. The van der Waals surface area contributed by atoms with Gasteiger partial charge in [0.15, 0.2) is 0 Å². The van der Waals surface area contributed by atoms with E-state index in [9.17, 15) is 9.59 Å². The van der Waals surface area contributed by atoms with Crippen LogP contribution in [0.2, 0.25) is 5.02 Å². The fourth-order valence-corrected chi connectivity index (χ4v) is 3.44. The van der Waals surface area contributed by atoms with Gasteiger partial charge in [0, 0.05) is 17.6 Å². The number of hydrogen-bond donors (Lipinski definition) is 1. The number of carbonyl (C=O) groups is 2. The molecule has 0 unspecified atom stereocenters. The van der Waals surface area contributed by atoms with Gasteiger partial charge in [-0.25, -0.2) is 0 Å². The summed E-state index contributed by atoms with van der Waals surface area (Å²) in [7, 11) is 0. The molecule has 0 bridgehead atoms. The normalized spacial score (nSPS) is 11.9. The van der Waals surface area contributed by atoms with Gasteiger partial charge in [-0.1, -0.05) is 60.5 Å². The second kappa shape index (κ2) is 10.3. The standard InChI is InChI=1S/C23H29ClN2O2/c1-5-21(23(28)25-16(2)3)26(15-19-10-6-8-17(4)12-19)22(27)14-18-9-7-11-20(24)13-18/h6-13,16,21H,5,14-15H2,1-4H3,(H,25,28)/t21-/m1/s1. The molecular weight excluding hydrogens is 372 g/mol. The van der Waals surface area contributed by atoms with Crippen molar-refractivity contribution in [2.24, 2.45) is 0 Å². The van der Waals surface area contributed by atoms with Crippen LogP contribution in [0.3, 0.4) is 0 Å². The van der Waals surface area contributed by atoms with Crippen LogP contribution in [0.1, 0.15) is 43.9 Å². The average molecular weight is 401 g/mol. The van der Waals surface area contributed by atoms with Gasteiger partial charge in [0.2, 0.25) is 11.8 Å². The summed E-state index contributed by atoms with van der Waals surface area (Å²) in [6.07, 6.45) is 0.753. The van der Waals surface area contributed by atoms with Crippen molar-refractivity contribution in [2.45, 2.75) is 59.2 Å². The molecule has 0 radical (unpaired) electrons. The maximum Gasteiger partial charge on any atom is 0.243 e. The van der Waals surface area contributed by atoms with Gasteiger partial charge in [0.25, 0.3) is 0 Å². The molecule has 0 heterocycles. The number of hydrogen-bond acceptors (Lipinski definition) is 2. The number of nitrogens with zero attached hydrogens (tertiary/aromatic N) is 1. The molecule has 1 N–H and O–H groups in total. The highest BCUT2D eigenvalue weighted by Crippen LogP contribution is 2.17. The van der Waals surface area contributed by atoms with E-state index in [0.29, 0.717) is 18.0 Å². The first-order chi connectivity index (χ1) is 13.3. The van der Waals surface area contributed by atoms with Gasteiger partial charge >= 0.3 is 0 Å². The van der Waals surface area contributed by atoms with E-state index in [1.807, 2.05) is 64.1 Å². The molecule has 0 saturated carbocycles. The van der Waals surface area contributed by atoms with E-state index >= 15 is 0 Å². The van der Waals surface area contributed by atoms with Crippen molar-refractivity contribution < 1.29 is 9.59 Å². The SMILES string of the molecule is CC[C@H](C(=O)NC(C)C)N(Cc1cccc(C)c1)C(=O)Cc1cccc(Cl)c1. The third-order valence-corrected chi connectivity index (χ3v) is 4.73. The van der Waals surface area contributed by atoms with E-state index in [-0.39, 0.29) is 24.3 Å². The van der Waals surface area contributed by atoms with Crippen molar-refractivity contribution in [3.8, 4) is 0 Å². The summed E-state index contributed by atoms with van der Waals surface area (Å²) in [6, 6.07) is 14.8. The highest BCUT2D eigenvalue weighted by atomic mass is 35.5. The topological polar surface area (TPSA) is 49.4 Å². The zero-order valence-electron chi connectivity index (χ0n) is 17.0. The maximum atomic E-state index is 13.2. The number of carbonyl (C=O) groups excluding carboxylic acids is 2. The molecule has 0 fully saturated rings. The maximum absolute atomic E-state index is 13.2. The molecule has 1 atom stereocenters. The third-order valence-electron chi connectivity index (χ3n) is 4.50. The molecule has 0 aliphatic carbocycles. The lowest BCUT2D eigenvalue weighted by atomic mass is 10.1. The Hall–Kier alpha value is -2.33. The lowest BCUT2D eigenvalue weighted by Gasteiger charge is -2.31. The van der Waals surface area contributed by atoms with Crippen molar-refractivity contribution in [3.63, 3.8) is 0 Å². The second-order valence-electron chi connectivity index (χ2n) is 7.40. The van der Waals surface area contributed by atoms with Crippen LogP contribution in [0.5, 0.6) is 0 Å². The lowest BCUT2D eigenvalue weighted by Crippen LogP contribution is -2.50. The summed E-state index contributed by atoms with van der Waals surface area (Å²) < 4.78 is 0. The minimum Gasteiger partial charge on any atom is -0.352 e. The van der Waals surface area contributed by atoms with Crippen molar-refractivity contribution in [3.05, 3.63) is 70.2 Å². The molecule has 28 heavy (non-hydrogen) atoms. The Kier molecular flexibility index (Phi) is 8.06. The van der Waals surface area contributed by atoms with Crippen LogP contribution in [0.4, 0.5) is 0 Å². The van der Waals surface area contributed by atoms with E-state index in [4.69, 9.17) is 11.6 Å². The van der Waals surface area contributed by atoms with Gasteiger partial charge in [0.1, 0.15) is 6.04 Å². The zero-order valence-corrected chi connectivity index (χ0v) is 17.8. The summed E-state index contributed by atoms with van der Waals surface area (Å²) in [4.78, 5) is 27.7. The van der Waals surface area contributed by atoms with E-state index in [1.165, 1.54) is 0 Å². The van der Waals surface area contributed by atoms with Crippen molar-refractivity contribution in [1.29, 1.82) is 0 Å². The number of benzene rings is 2. The van der Waals surface area contributed by atoms with Crippen LogP contribution in [0, 0.1) is 6.92 Å². The molecule has 0 aliphatic rings. The predicted molar refractivity (Wildman–Crippen MR) is 114 cm³/mol. The van der Waals surface area contributed by atoms with Crippen molar-refractivity contribution >= 4 is 23.4 Å². The largest absolute Gasteiger partial charge is 0.352 e. The predicted octanol–water partition coefficient (Wildman–Crippen LogP) is 4.52. The van der Waals surface area contributed by atoms with Gasteiger partial charge in [-0.15, -0.1) is 0 Å². The molecule has 0 aromatic heterocycles. The monoisotopic (exact) mass is 400 g/mol. The molecule has 5 heteroatoms. The minimum absolute atomic E-state index is 0.0189. The van der Waals surface area contributed by atoms with E-state index in [0.717, 1.165) is 16.7 Å². The lowest BCUT2D eigenvalue weighted by molar-refractivity contribution is -0.141. The van der Waals surface area contributed by atoms with Crippen LogP contribution < -0.4 is 5.32 Å². The Morgan fingerprint density at radius 3 is 2.36 bits per heavy atom. The van der Waals surface area contributed by atoms with Gasteiger partial charge in [-0.05, 0) is 50.5 Å². The number of amides is 2. The number of aryl methyl sites for hydroxylation is 1. The average Bonchev–Trinajstić information content (AvgIpc) is 2.61. The Balaban J connectivity index is 2.30. The summed E-state index contributed by atoms with van der Waals surface area (Å²) in [5.74, 6) is -0.209. The molecule has 0 saturated heterocycles. The molecule has 150 valence electrons. The minimum atomic E-state index is -0.519. The zero-order chi connectivity index (χ0) is 20.7. The Labute approximate surface area is 172 Å². The first-order valence-corrected chi connectivity index (χ1v) is 10.1. The molecule has 4 nitrogen and oxygen atoms in total. The van der Waals surface area contributed by atoms with Gasteiger partial charge in [-0.2, -0.15) is 0 Å². The van der Waals surface area contributed by atoms with E-state index < -0.39 is 6.04 Å². The van der Waals surface area contributed by atoms with Crippen LogP contribution in [0.25, 0.3) is 0 Å². The summed E-state index contributed by atoms with van der Waals surface area (Å²) in [5, 5.41) is 3.54.